The van der Waals surface area contributed by atoms with Crippen molar-refractivity contribution in [2.24, 2.45) is 0 Å². The summed E-state index contributed by atoms with van der Waals surface area (Å²) in [5, 5.41) is 12.6. The van der Waals surface area contributed by atoms with Crippen molar-refractivity contribution < 1.29 is 13.7 Å². The van der Waals surface area contributed by atoms with Gasteiger partial charge in [-0.1, -0.05) is 15.9 Å². The summed E-state index contributed by atoms with van der Waals surface area (Å²) in [5.41, 5.74) is 0. The number of aromatic nitrogens is 2. The summed E-state index contributed by atoms with van der Waals surface area (Å²) in [7, 11) is 0. The Hall–Kier alpha value is -1.05. The second-order valence-corrected chi connectivity index (χ2v) is 2.74. The largest absolute Gasteiger partial charge is 0.390 e. The van der Waals surface area contributed by atoms with E-state index < -0.39 is 22.1 Å². The van der Waals surface area contributed by atoms with Gasteiger partial charge in [-0.05, 0) is 4.92 Å². The number of hydrogen-bond donors (Lipinski definition) is 0. The van der Waals surface area contributed by atoms with E-state index in [0.717, 1.165) is 12.3 Å². The number of nitrogens with zero attached hydrogens (tertiary/aromatic N) is 3. The molecule has 0 amide bonds. The Morgan fingerprint density at radius 3 is 2.77 bits per heavy atom. The lowest BCUT2D eigenvalue weighted by atomic mass is 10.6. The second kappa shape index (κ2) is 3.36. The first-order chi connectivity index (χ1) is 5.97. The lowest BCUT2D eigenvalue weighted by molar-refractivity contribution is -0.390. The summed E-state index contributed by atoms with van der Waals surface area (Å²) < 4.78 is 25.8. The lowest BCUT2D eigenvalue weighted by Crippen LogP contribution is -2.25. The van der Waals surface area contributed by atoms with Crippen LogP contribution in [0.4, 0.5) is 14.6 Å². The quantitative estimate of drug-likeness (QED) is 0.470. The van der Waals surface area contributed by atoms with E-state index in [-0.39, 0.29) is 4.68 Å². The smallest absolute Gasteiger partial charge is 0.358 e. The van der Waals surface area contributed by atoms with Crippen LogP contribution in [-0.4, -0.2) is 20.0 Å². The number of nitro groups is 1. The van der Waals surface area contributed by atoms with E-state index in [0.29, 0.717) is 0 Å². The van der Waals surface area contributed by atoms with Crippen LogP contribution in [0.1, 0.15) is 0 Å². The van der Waals surface area contributed by atoms with Gasteiger partial charge in [0.2, 0.25) is 0 Å². The highest BCUT2D eigenvalue weighted by atomic mass is 79.9. The van der Waals surface area contributed by atoms with Crippen LogP contribution in [0.3, 0.4) is 0 Å². The first kappa shape index (κ1) is 10.0. The molecule has 0 radical (unpaired) electrons. The highest BCUT2D eigenvalue weighted by Crippen LogP contribution is 2.23. The van der Waals surface area contributed by atoms with Crippen molar-refractivity contribution in [3.63, 3.8) is 0 Å². The normalized spacial score (nSPS) is 11.6. The molecule has 0 fully saturated rings. The molecule has 5 nitrogen and oxygen atoms in total. The molecule has 1 rings (SSSR count). The van der Waals surface area contributed by atoms with Gasteiger partial charge >= 0.3 is 11.9 Å². The molecule has 0 spiro atoms. The zero-order valence-electron chi connectivity index (χ0n) is 6.15. The van der Waals surface area contributed by atoms with Gasteiger partial charge in [0.05, 0.1) is 22.7 Å². The fourth-order valence-corrected chi connectivity index (χ4v) is 0.912. The summed E-state index contributed by atoms with van der Waals surface area (Å²) in [6.45, 7) is 0. The number of halogens is 3. The Balaban J connectivity index is 2.98. The SMILES string of the molecule is O=[N+]([O-])c1ccn(C(F)(F)CBr)n1. The third kappa shape index (κ3) is 2.00. The molecule has 8 heteroatoms. The molecule has 13 heavy (non-hydrogen) atoms. The van der Waals surface area contributed by atoms with Crippen molar-refractivity contribution in [2.75, 3.05) is 5.33 Å². The van der Waals surface area contributed by atoms with Gasteiger partial charge in [0.15, 0.2) is 0 Å². The molecule has 0 atom stereocenters. The van der Waals surface area contributed by atoms with E-state index in [9.17, 15) is 18.9 Å². The molecular formula is C5H4BrF2N3O2. The Labute approximate surface area is 79.6 Å². The minimum Gasteiger partial charge on any atom is -0.358 e. The average molecular weight is 256 g/mol. The number of hydrogen-bond acceptors (Lipinski definition) is 3. The number of alkyl halides is 3. The highest BCUT2D eigenvalue weighted by molar-refractivity contribution is 9.09. The zero-order valence-corrected chi connectivity index (χ0v) is 7.74. The Kier molecular flexibility index (Phi) is 2.60. The van der Waals surface area contributed by atoms with Gasteiger partial charge in [0.25, 0.3) is 0 Å². The van der Waals surface area contributed by atoms with Crippen molar-refractivity contribution >= 4 is 21.7 Å². The maximum Gasteiger partial charge on any atom is 0.390 e. The van der Waals surface area contributed by atoms with Gasteiger partial charge in [0, 0.05) is 0 Å². The summed E-state index contributed by atoms with van der Waals surface area (Å²) in [6, 6.07) is -2.33. The second-order valence-electron chi connectivity index (χ2n) is 2.18. The van der Waals surface area contributed by atoms with Crippen LogP contribution in [0.25, 0.3) is 0 Å². The Morgan fingerprint density at radius 2 is 2.38 bits per heavy atom. The molecular weight excluding hydrogens is 252 g/mol. The summed E-state index contributed by atoms with van der Waals surface area (Å²) >= 11 is 2.57. The van der Waals surface area contributed by atoms with Gasteiger partial charge in [-0.25, -0.2) is 0 Å². The van der Waals surface area contributed by atoms with E-state index in [4.69, 9.17) is 0 Å². The Morgan fingerprint density at radius 1 is 1.77 bits per heavy atom. The summed E-state index contributed by atoms with van der Waals surface area (Å²) in [6.07, 6.45) is 0.861. The summed E-state index contributed by atoms with van der Waals surface area (Å²) in [5.74, 6) is -0.597. The van der Waals surface area contributed by atoms with Gasteiger partial charge in [-0.3, -0.25) is 0 Å². The average Bonchev–Trinajstić information content (AvgIpc) is 2.52. The number of rotatable bonds is 3. The van der Waals surface area contributed by atoms with E-state index in [2.05, 4.69) is 21.0 Å². The van der Waals surface area contributed by atoms with Crippen LogP contribution in [0.5, 0.6) is 0 Å². The monoisotopic (exact) mass is 255 g/mol. The van der Waals surface area contributed by atoms with Gasteiger partial charge < -0.3 is 10.1 Å². The molecule has 0 N–H and O–H groups in total. The maximum atomic E-state index is 12.8. The van der Waals surface area contributed by atoms with Gasteiger partial charge in [-0.15, -0.1) is 4.68 Å². The van der Waals surface area contributed by atoms with Crippen LogP contribution in [-0.2, 0) is 6.05 Å². The lowest BCUT2D eigenvalue weighted by Gasteiger charge is -2.08. The molecule has 0 saturated heterocycles. The standard InChI is InChI=1S/C5H4BrF2N3O2/c6-3-5(7,8)10-2-1-4(9-10)11(12)13/h1-2H,3H2. The molecule has 0 aromatic carbocycles. The van der Waals surface area contributed by atoms with Crippen LogP contribution >= 0.6 is 15.9 Å². The molecule has 0 unspecified atom stereocenters. The molecule has 0 bridgehead atoms. The van der Waals surface area contributed by atoms with E-state index in [1.807, 2.05) is 0 Å². The fourth-order valence-electron chi connectivity index (χ4n) is 0.655. The van der Waals surface area contributed by atoms with E-state index in [1.54, 1.807) is 0 Å². The van der Waals surface area contributed by atoms with Gasteiger partial charge in [0.1, 0.15) is 0 Å². The van der Waals surface area contributed by atoms with Crippen LogP contribution in [0.2, 0.25) is 0 Å². The minimum absolute atomic E-state index is 0.250. The zero-order chi connectivity index (χ0) is 10.1. The van der Waals surface area contributed by atoms with Gasteiger partial charge in [-0.2, -0.15) is 8.78 Å². The van der Waals surface area contributed by atoms with Crippen LogP contribution in [0, 0.1) is 10.1 Å². The molecule has 1 aromatic heterocycles. The first-order valence-electron chi connectivity index (χ1n) is 3.11. The predicted molar refractivity (Wildman–Crippen MR) is 42.9 cm³/mol. The molecule has 0 saturated carbocycles. The molecule has 0 aliphatic carbocycles. The first-order valence-corrected chi connectivity index (χ1v) is 4.24. The Bertz CT molecular complexity index is 327. The van der Waals surface area contributed by atoms with Crippen LogP contribution in [0.15, 0.2) is 12.3 Å². The third-order valence-electron chi connectivity index (χ3n) is 1.26. The van der Waals surface area contributed by atoms with Crippen molar-refractivity contribution in [1.82, 2.24) is 9.78 Å². The topological polar surface area (TPSA) is 61.0 Å². The van der Waals surface area contributed by atoms with E-state index in [1.165, 1.54) is 0 Å². The molecule has 72 valence electrons. The molecule has 1 heterocycles. The fraction of sp³-hybridized carbons (Fsp3) is 0.400. The van der Waals surface area contributed by atoms with Crippen molar-refractivity contribution in [2.45, 2.75) is 6.05 Å². The van der Waals surface area contributed by atoms with Crippen LogP contribution < -0.4 is 0 Å². The van der Waals surface area contributed by atoms with Crippen molar-refractivity contribution in [3.05, 3.63) is 22.4 Å². The van der Waals surface area contributed by atoms with Crippen molar-refractivity contribution in [3.8, 4) is 0 Å². The minimum atomic E-state index is -3.24. The predicted octanol–water partition coefficient (Wildman–Crippen LogP) is 1.74. The highest BCUT2D eigenvalue weighted by Gasteiger charge is 2.34. The molecule has 0 aliphatic heterocycles. The van der Waals surface area contributed by atoms with Crippen molar-refractivity contribution in [1.29, 1.82) is 0 Å². The molecule has 0 aliphatic rings. The summed E-state index contributed by atoms with van der Waals surface area (Å²) in [4.78, 5) is 9.27. The maximum absolute atomic E-state index is 12.8. The van der Waals surface area contributed by atoms with E-state index >= 15 is 0 Å². The third-order valence-corrected chi connectivity index (χ3v) is 1.93. The molecule has 1 aromatic rings.